The number of likely N-dealkylation sites (N-methyl/N-ethyl adjacent to an activating group) is 1. The number of carboxylic acids is 1. The summed E-state index contributed by atoms with van der Waals surface area (Å²) < 4.78 is 5.19. The Bertz CT molecular complexity index is 704. The second-order valence-electron chi connectivity index (χ2n) is 6.71. The van der Waals surface area contributed by atoms with Gasteiger partial charge in [-0.3, -0.25) is 9.59 Å². The van der Waals surface area contributed by atoms with Crippen molar-refractivity contribution < 1.29 is 24.2 Å². The molecule has 0 saturated heterocycles. The van der Waals surface area contributed by atoms with E-state index in [1.165, 1.54) is 23.1 Å². The Labute approximate surface area is 152 Å². The number of esters is 1. The molecule has 7 heteroatoms. The molecule has 0 aliphatic carbocycles. The predicted octanol–water partition coefficient (Wildman–Crippen LogP) is 3.16. The summed E-state index contributed by atoms with van der Waals surface area (Å²) in [7, 11) is 3.20. The van der Waals surface area contributed by atoms with Gasteiger partial charge in [-0.1, -0.05) is 17.7 Å². The summed E-state index contributed by atoms with van der Waals surface area (Å²) in [5.74, 6) is -2.24. The number of carboxylic acid groups (broad SMARTS) is 1. The summed E-state index contributed by atoms with van der Waals surface area (Å²) in [5, 5.41) is 9.80. The zero-order valence-corrected chi connectivity index (χ0v) is 15.6. The first-order valence-electron chi connectivity index (χ1n) is 7.56. The summed E-state index contributed by atoms with van der Waals surface area (Å²) >= 11 is 5.97. The molecule has 1 N–H and O–H groups in total. The van der Waals surface area contributed by atoms with E-state index in [2.05, 4.69) is 0 Å². The zero-order valence-electron chi connectivity index (χ0n) is 14.9. The first-order valence-corrected chi connectivity index (χ1v) is 7.94. The van der Waals surface area contributed by atoms with Crippen molar-refractivity contribution in [3.8, 4) is 0 Å². The van der Waals surface area contributed by atoms with E-state index in [1.807, 2.05) is 0 Å². The van der Waals surface area contributed by atoms with Gasteiger partial charge in [-0.2, -0.15) is 0 Å². The van der Waals surface area contributed by atoms with Gasteiger partial charge in [0.15, 0.2) is 0 Å². The Morgan fingerprint density at radius 2 is 1.84 bits per heavy atom. The Hall–Kier alpha value is -2.34. The molecule has 0 aromatic heterocycles. The highest BCUT2D eigenvalue weighted by Gasteiger charge is 2.32. The molecule has 6 nitrogen and oxygen atoms in total. The number of halogens is 1. The van der Waals surface area contributed by atoms with Crippen molar-refractivity contribution in [2.75, 3.05) is 14.1 Å². The Morgan fingerprint density at radius 1 is 1.24 bits per heavy atom. The van der Waals surface area contributed by atoms with Crippen molar-refractivity contribution in [2.45, 2.75) is 26.9 Å². The van der Waals surface area contributed by atoms with Crippen molar-refractivity contribution in [1.82, 2.24) is 4.90 Å². The van der Waals surface area contributed by atoms with Gasteiger partial charge in [0.25, 0.3) is 0 Å². The van der Waals surface area contributed by atoms with E-state index in [0.717, 1.165) is 0 Å². The first kappa shape index (κ1) is 20.7. The minimum atomic E-state index is -1.53. The van der Waals surface area contributed by atoms with Crippen LogP contribution in [0.15, 0.2) is 24.3 Å². The normalized spacial score (nSPS) is 12.7. The summed E-state index contributed by atoms with van der Waals surface area (Å²) in [6, 6.07) is 4.55. The molecule has 1 aromatic rings. The average molecular weight is 368 g/mol. The van der Waals surface area contributed by atoms with Crippen LogP contribution >= 0.6 is 11.6 Å². The second-order valence-corrected chi connectivity index (χ2v) is 7.15. The molecule has 25 heavy (non-hydrogen) atoms. The maximum atomic E-state index is 12.1. The van der Waals surface area contributed by atoms with E-state index >= 15 is 0 Å². The lowest BCUT2D eigenvalue weighted by Crippen LogP contribution is -2.28. The molecule has 0 fully saturated rings. The second kappa shape index (κ2) is 8.16. The molecule has 136 valence electrons. The molecule has 0 aliphatic rings. The zero-order chi connectivity index (χ0) is 19.4. The van der Waals surface area contributed by atoms with Crippen LogP contribution in [0.1, 0.15) is 38.0 Å². The van der Waals surface area contributed by atoms with Crippen molar-refractivity contribution in [3.63, 3.8) is 0 Å². The third kappa shape index (κ3) is 5.90. The van der Waals surface area contributed by atoms with Crippen LogP contribution in [0.3, 0.4) is 0 Å². The van der Waals surface area contributed by atoms with Crippen LogP contribution in [0.25, 0.3) is 6.08 Å². The van der Waals surface area contributed by atoms with Gasteiger partial charge in [0.05, 0.1) is 5.41 Å². The van der Waals surface area contributed by atoms with Crippen molar-refractivity contribution in [1.29, 1.82) is 0 Å². The lowest BCUT2D eigenvalue weighted by atomic mass is 9.96. The number of hydrogen-bond acceptors (Lipinski definition) is 4. The van der Waals surface area contributed by atoms with Crippen molar-refractivity contribution in [3.05, 3.63) is 40.4 Å². The number of ether oxygens (including phenoxy) is 1. The summed E-state index contributed by atoms with van der Waals surface area (Å²) in [6.07, 6.45) is 1.24. The van der Waals surface area contributed by atoms with Gasteiger partial charge in [-0.15, -0.1) is 0 Å². The average Bonchev–Trinajstić information content (AvgIpc) is 2.49. The monoisotopic (exact) mass is 367 g/mol. The molecule has 0 radical (unpaired) electrons. The van der Waals surface area contributed by atoms with E-state index in [0.29, 0.717) is 10.6 Å². The topological polar surface area (TPSA) is 83.9 Å². The van der Waals surface area contributed by atoms with Gasteiger partial charge in [0.2, 0.25) is 12.0 Å². The molecule has 0 spiro atoms. The number of rotatable bonds is 5. The van der Waals surface area contributed by atoms with Crippen LogP contribution in [-0.4, -0.2) is 41.9 Å². The van der Waals surface area contributed by atoms with Gasteiger partial charge in [0.1, 0.15) is 0 Å². The molecule has 0 aliphatic heterocycles. The molecule has 0 heterocycles. The summed E-state index contributed by atoms with van der Waals surface area (Å²) in [4.78, 5) is 36.9. The summed E-state index contributed by atoms with van der Waals surface area (Å²) in [5.41, 5.74) is -0.238. The fraction of sp³-hybridized carbons (Fsp3) is 0.389. The number of carbonyl (C=O) groups is 3. The Morgan fingerprint density at radius 3 is 2.32 bits per heavy atom. The smallest absolute Gasteiger partial charge is 0.349 e. The van der Waals surface area contributed by atoms with Crippen LogP contribution in [0, 0.1) is 5.41 Å². The Kier molecular flexibility index (Phi) is 6.76. The third-order valence-electron chi connectivity index (χ3n) is 3.24. The molecule has 1 rings (SSSR count). The highest BCUT2D eigenvalue weighted by molar-refractivity contribution is 6.30. The number of carbonyl (C=O) groups excluding carboxylic acids is 2. The van der Waals surface area contributed by atoms with Gasteiger partial charge in [0, 0.05) is 30.8 Å². The molecule has 1 aromatic carbocycles. The fourth-order valence-corrected chi connectivity index (χ4v) is 1.95. The van der Waals surface area contributed by atoms with Crippen LogP contribution in [0.5, 0.6) is 0 Å². The van der Waals surface area contributed by atoms with Gasteiger partial charge in [-0.25, -0.2) is 4.79 Å². The van der Waals surface area contributed by atoms with E-state index < -0.39 is 23.5 Å². The molecule has 1 atom stereocenters. The lowest BCUT2D eigenvalue weighted by molar-refractivity contribution is -0.170. The van der Waals surface area contributed by atoms with Gasteiger partial charge < -0.3 is 14.7 Å². The van der Waals surface area contributed by atoms with Crippen molar-refractivity contribution >= 4 is 35.5 Å². The van der Waals surface area contributed by atoms with Crippen LogP contribution in [-0.2, 0) is 19.1 Å². The highest BCUT2D eigenvalue weighted by Crippen LogP contribution is 2.29. The maximum absolute atomic E-state index is 12.1. The molecular formula is C18H22ClNO5. The van der Waals surface area contributed by atoms with E-state index in [9.17, 15) is 19.5 Å². The molecule has 1 amide bonds. The minimum Gasteiger partial charge on any atom is -0.478 e. The quantitative estimate of drug-likeness (QED) is 0.638. The predicted molar refractivity (Wildman–Crippen MR) is 95.1 cm³/mol. The van der Waals surface area contributed by atoms with Crippen LogP contribution < -0.4 is 0 Å². The fourth-order valence-electron chi connectivity index (χ4n) is 1.77. The minimum absolute atomic E-state index is 0.195. The number of aliphatic carboxylic acids is 1. The SMILES string of the molecule is CN(C)C(=O)/C=C/c1ccc(Cl)cc1[C@H](OC(=O)C(C)(C)C)C(=O)O. The standard InChI is InChI=1S/C18H22ClNO5/c1-18(2,3)17(24)25-15(16(22)23)13-10-12(19)8-6-11(13)7-9-14(21)20(4)5/h6-10,15H,1-5H3,(H,22,23)/b9-7+/t15-/m0/s1. The van der Waals surface area contributed by atoms with Crippen LogP contribution in [0.2, 0.25) is 5.02 Å². The lowest BCUT2D eigenvalue weighted by Gasteiger charge is -2.22. The first-order chi connectivity index (χ1) is 11.4. The molecular weight excluding hydrogens is 346 g/mol. The number of benzene rings is 1. The van der Waals surface area contributed by atoms with Crippen LogP contribution in [0.4, 0.5) is 0 Å². The van der Waals surface area contributed by atoms with E-state index in [4.69, 9.17) is 16.3 Å². The number of amides is 1. The van der Waals surface area contributed by atoms with E-state index in [-0.39, 0.29) is 11.5 Å². The Balaban J connectivity index is 3.30. The largest absolute Gasteiger partial charge is 0.478 e. The maximum Gasteiger partial charge on any atom is 0.349 e. The van der Waals surface area contributed by atoms with E-state index in [1.54, 1.807) is 47.0 Å². The van der Waals surface area contributed by atoms with Crippen molar-refractivity contribution in [2.24, 2.45) is 5.41 Å². The third-order valence-corrected chi connectivity index (χ3v) is 3.47. The molecule has 0 saturated carbocycles. The highest BCUT2D eigenvalue weighted by atomic mass is 35.5. The van der Waals surface area contributed by atoms with Gasteiger partial charge in [-0.05, 0) is 44.5 Å². The number of hydrogen-bond donors (Lipinski definition) is 1. The molecule has 0 unspecified atom stereocenters. The molecule has 0 bridgehead atoms. The summed E-state index contributed by atoms with van der Waals surface area (Å²) in [6.45, 7) is 4.88. The number of nitrogens with zero attached hydrogens (tertiary/aromatic N) is 1. The van der Waals surface area contributed by atoms with Gasteiger partial charge >= 0.3 is 11.9 Å².